The molecule has 7 nitrogen and oxygen atoms in total. The van der Waals surface area contributed by atoms with Gasteiger partial charge in [0.25, 0.3) is 10.1 Å². The minimum atomic E-state index is -4.02. The lowest BCUT2D eigenvalue weighted by molar-refractivity contribution is -0.144. The summed E-state index contributed by atoms with van der Waals surface area (Å²) in [5, 5.41) is 12.4. The van der Waals surface area contributed by atoms with Gasteiger partial charge < -0.3 is 15.2 Å². The molecule has 3 unspecified atom stereocenters. The summed E-state index contributed by atoms with van der Waals surface area (Å²) in [6.45, 7) is 4.28. The molecule has 0 spiro atoms. The van der Waals surface area contributed by atoms with E-state index in [0.29, 0.717) is 6.54 Å². The molecule has 1 aromatic carbocycles. The summed E-state index contributed by atoms with van der Waals surface area (Å²) in [6.07, 6.45) is 0.368. The molecular formula is C15H23NO6S. The predicted octanol–water partition coefficient (Wildman–Crippen LogP) is 0.760. The van der Waals surface area contributed by atoms with Gasteiger partial charge in [0.1, 0.15) is 6.04 Å². The lowest BCUT2D eigenvalue weighted by Gasteiger charge is -2.16. The molecule has 3 N–H and O–H groups in total. The highest BCUT2D eigenvalue weighted by molar-refractivity contribution is 7.85. The number of carbonyl (C=O) groups is 1. The molecule has 23 heavy (non-hydrogen) atoms. The van der Waals surface area contributed by atoms with E-state index in [1.165, 1.54) is 19.2 Å². The van der Waals surface area contributed by atoms with E-state index in [1.807, 2.05) is 13.8 Å². The first kappa shape index (κ1) is 19.6. The topological polar surface area (TPSA) is 113 Å². The van der Waals surface area contributed by atoms with Gasteiger partial charge in [-0.25, -0.2) is 0 Å². The van der Waals surface area contributed by atoms with Gasteiger partial charge in [0.15, 0.2) is 0 Å². The maximum absolute atomic E-state index is 11.1. The van der Waals surface area contributed by atoms with E-state index < -0.39 is 16.2 Å². The lowest BCUT2D eigenvalue weighted by Crippen LogP contribution is -2.37. The number of β-amino-alcohol motifs (C(OH)–C–C–N with tert-alkyl or cyclic N) is 1. The van der Waals surface area contributed by atoms with Gasteiger partial charge in [-0.3, -0.25) is 9.35 Å². The molecule has 1 aliphatic rings. The smallest absolute Gasteiger partial charge is 0.323 e. The van der Waals surface area contributed by atoms with Gasteiger partial charge in [0, 0.05) is 12.5 Å². The first-order valence-electron chi connectivity index (χ1n) is 7.24. The van der Waals surface area contributed by atoms with Crippen LogP contribution in [0.4, 0.5) is 0 Å². The van der Waals surface area contributed by atoms with Crippen molar-refractivity contribution >= 4 is 16.1 Å². The van der Waals surface area contributed by atoms with Gasteiger partial charge in [-0.2, -0.15) is 8.42 Å². The Bertz CT molecular complexity index is 613. The zero-order valence-electron chi connectivity index (χ0n) is 13.4. The van der Waals surface area contributed by atoms with Crippen LogP contribution in [0.2, 0.25) is 0 Å². The van der Waals surface area contributed by atoms with Gasteiger partial charge in [-0.15, -0.1) is 0 Å². The fourth-order valence-corrected chi connectivity index (χ4v) is 2.86. The summed E-state index contributed by atoms with van der Waals surface area (Å²) in [7, 11) is -2.66. The second-order valence-corrected chi connectivity index (χ2v) is 6.76. The average Bonchev–Trinajstić information content (AvgIpc) is 2.87. The van der Waals surface area contributed by atoms with Crippen molar-refractivity contribution in [3.8, 4) is 0 Å². The maximum Gasteiger partial charge on any atom is 0.323 e. The van der Waals surface area contributed by atoms with Crippen molar-refractivity contribution in [3.05, 3.63) is 29.8 Å². The number of aliphatic hydroxyl groups is 1. The van der Waals surface area contributed by atoms with Gasteiger partial charge in [-0.05, 0) is 25.5 Å². The summed E-state index contributed by atoms with van der Waals surface area (Å²) in [4.78, 5) is 11.1. The van der Waals surface area contributed by atoms with Crippen LogP contribution in [0.25, 0.3) is 0 Å². The van der Waals surface area contributed by atoms with Crippen LogP contribution in [0, 0.1) is 12.8 Å². The molecule has 8 heteroatoms. The Hall–Kier alpha value is -1.48. The molecule has 0 aliphatic carbocycles. The van der Waals surface area contributed by atoms with Crippen LogP contribution < -0.4 is 5.32 Å². The fraction of sp³-hybridized carbons (Fsp3) is 0.533. The van der Waals surface area contributed by atoms with Crippen LogP contribution in [0.5, 0.6) is 0 Å². The normalized spacial score (nSPS) is 23.8. The first-order chi connectivity index (χ1) is 10.7. The molecule has 0 radical (unpaired) electrons. The van der Waals surface area contributed by atoms with Gasteiger partial charge in [0.2, 0.25) is 0 Å². The van der Waals surface area contributed by atoms with Crippen molar-refractivity contribution in [1.82, 2.24) is 5.32 Å². The first-order valence-corrected chi connectivity index (χ1v) is 8.68. The Balaban J connectivity index is 0.000000231. The van der Waals surface area contributed by atoms with Crippen LogP contribution in [-0.2, 0) is 19.6 Å². The van der Waals surface area contributed by atoms with Crippen molar-refractivity contribution < 1.29 is 27.6 Å². The largest absolute Gasteiger partial charge is 0.468 e. The Kier molecular flexibility index (Phi) is 7.14. The molecule has 0 aromatic heterocycles. The molecule has 3 atom stereocenters. The third-order valence-corrected chi connectivity index (χ3v) is 4.58. The zero-order valence-corrected chi connectivity index (χ0v) is 14.2. The van der Waals surface area contributed by atoms with Gasteiger partial charge >= 0.3 is 5.97 Å². The van der Waals surface area contributed by atoms with E-state index in [1.54, 1.807) is 12.1 Å². The van der Waals surface area contributed by atoms with E-state index in [2.05, 4.69) is 10.1 Å². The highest BCUT2D eigenvalue weighted by Crippen LogP contribution is 2.20. The molecule has 0 saturated carbocycles. The Morgan fingerprint density at radius 3 is 2.35 bits per heavy atom. The predicted molar refractivity (Wildman–Crippen MR) is 84.6 cm³/mol. The number of nitrogens with one attached hydrogen (secondary N) is 1. The van der Waals surface area contributed by atoms with E-state index >= 15 is 0 Å². The number of esters is 1. The minimum Gasteiger partial charge on any atom is -0.468 e. The Morgan fingerprint density at radius 2 is 1.91 bits per heavy atom. The minimum absolute atomic E-state index is 0.00236. The summed E-state index contributed by atoms with van der Waals surface area (Å²) in [6, 6.07) is 5.66. The number of methoxy groups -OCH3 is 1. The molecule has 1 aromatic rings. The van der Waals surface area contributed by atoms with E-state index in [9.17, 15) is 18.3 Å². The van der Waals surface area contributed by atoms with Gasteiger partial charge in [-0.1, -0.05) is 24.6 Å². The molecule has 1 saturated heterocycles. The van der Waals surface area contributed by atoms with Gasteiger partial charge in [0.05, 0.1) is 18.1 Å². The third kappa shape index (κ3) is 5.58. The lowest BCUT2D eigenvalue weighted by atomic mass is 9.96. The monoisotopic (exact) mass is 345 g/mol. The van der Waals surface area contributed by atoms with E-state index in [4.69, 9.17) is 4.55 Å². The third-order valence-electron chi connectivity index (χ3n) is 3.71. The molecule has 2 rings (SSSR count). The summed E-state index contributed by atoms with van der Waals surface area (Å²) in [5.74, 6) is -0.282. The highest BCUT2D eigenvalue weighted by Gasteiger charge is 2.38. The number of aryl methyl sites for hydroxylation is 1. The molecular weight excluding hydrogens is 322 g/mol. The number of ether oxygens (including phenoxy) is 1. The number of aliphatic hydroxyl groups excluding tert-OH is 1. The second-order valence-electron chi connectivity index (χ2n) is 5.34. The highest BCUT2D eigenvalue weighted by atomic mass is 32.2. The van der Waals surface area contributed by atoms with Crippen LogP contribution in [0.3, 0.4) is 0 Å². The summed E-state index contributed by atoms with van der Waals surface area (Å²) in [5.41, 5.74) is 0.956. The Morgan fingerprint density at radius 1 is 1.35 bits per heavy atom. The standard InChI is InChI=1S/C8H15NO3.C7H8O3S/c1-3-5-6(10)4-9-7(5)8(11)12-2;1-6-2-4-7(5-3-6)11(8,9)10/h5-7,9-10H,3-4H2,1-2H3;2-5H,1H3,(H,8,9,10). The number of carbonyl (C=O) groups excluding carboxylic acids is 1. The van der Waals surface area contributed by atoms with Crippen molar-refractivity contribution in [2.24, 2.45) is 5.92 Å². The quantitative estimate of drug-likeness (QED) is 0.547. The average molecular weight is 345 g/mol. The molecule has 1 fully saturated rings. The Labute approximate surface area is 136 Å². The second kappa shape index (κ2) is 8.39. The van der Waals surface area contributed by atoms with Crippen LogP contribution in [-0.4, -0.2) is 49.8 Å². The summed E-state index contributed by atoms with van der Waals surface area (Å²) < 4.78 is 34.2. The van der Waals surface area contributed by atoms with Crippen LogP contribution >= 0.6 is 0 Å². The van der Waals surface area contributed by atoms with E-state index in [-0.39, 0.29) is 22.8 Å². The summed E-state index contributed by atoms with van der Waals surface area (Å²) >= 11 is 0. The van der Waals surface area contributed by atoms with Crippen molar-refractivity contribution in [2.45, 2.75) is 37.3 Å². The van der Waals surface area contributed by atoms with Crippen LogP contribution in [0.1, 0.15) is 18.9 Å². The molecule has 0 bridgehead atoms. The number of rotatable bonds is 3. The van der Waals surface area contributed by atoms with Crippen molar-refractivity contribution in [1.29, 1.82) is 0 Å². The van der Waals surface area contributed by atoms with E-state index in [0.717, 1.165) is 12.0 Å². The zero-order chi connectivity index (χ0) is 17.6. The maximum atomic E-state index is 11.1. The van der Waals surface area contributed by atoms with Crippen molar-refractivity contribution in [3.63, 3.8) is 0 Å². The van der Waals surface area contributed by atoms with Crippen LogP contribution in [0.15, 0.2) is 29.2 Å². The number of hydrogen-bond donors (Lipinski definition) is 3. The molecule has 130 valence electrons. The SMILES string of the molecule is CCC1C(O)CNC1C(=O)OC.Cc1ccc(S(=O)(=O)O)cc1. The number of benzene rings is 1. The molecule has 1 aliphatic heterocycles. The van der Waals surface area contributed by atoms with Crippen molar-refractivity contribution in [2.75, 3.05) is 13.7 Å². The fourth-order valence-electron chi connectivity index (χ4n) is 2.38. The molecule has 1 heterocycles. The molecule has 0 amide bonds. The number of hydrogen-bond acceptors (Lipinski definition) is 6.